The molecule has 1 aromatic carbocycles. The normalized spacial score (nSPS) is 12.1. The fourth-order valence-electron chi connectivity index (χ4n) is 1.70. The van der Waals surface area contributed by atoms with E-state index in [0.29, 0.717) is 11.8 Å². The van der Waals surface area contributed by atoms with Gasteiger partial charge in [0.2, 0.25) is 5.16 Å². The summed E-state index contributed by atoms with van der Waals surface area (Å²) in [5.41, 5.74) is 1.99. The van der Waals surface area contributed by atoms with Crippen molar-refractivity contribution >= 4 is 17.7 Å². The summed E-state index contributed by atoms with van der Waals surface area (Å²) in [7, 11) is 0. The summed E-state index contributed by atoms with van der Waals surface area (Å²) in [4.78, 5) is 11.8. The van der Waals surface area contributed by atoms with E-state index in [1.54, 1.807) is 11.6 Å². The predicted octanol–water partition coefficient (Wildman–Crippen LogP) is 2.40. The van der Waals surface area contributed by atoms with E-state index < -0.39 is 0 Å². The molecule has 0 N–H and O–H groups in total. The molecule has 0 saturated carbocycles. The van der Waals surface area contributed by atoms with Crippen LogP contribution in [0.3, 0.4) is 0 Å². The lowest BCUT2D eigenvalue weighted by Gasteiger charge is -2.10. The number of hydrogen-bond donors (Lipinski definition) is 0. The first-order valence-electron chi connectivity index (χ1n) is 6.80. The lowest BCUT2D eigenvalue weighted by atomic mass is 10.2. The number of ether oxygens (including phenoxy) is 1. The van der Waals surface area contributed by atoms with Gasteiger partial charge in [-0.05, 0) is 48.4 Å². The Morgan fingerprint density at radius 3 is 3.00 bits per heavy atom. The van der Waals surface area contributed by atoms with Gasteiger partial charge in [0, 0.05) is 0 Å². The van der Waals surface area contributed by atoms with E-state index in [9.17, 15) is 4.79 Å². The lowest BCUT2D eigenvalue weighted by molar-refractivity contribution is -0.142. The number of rotatable bonds is 6. The van der Waals surface area contributed by atoms with Gasteiger partial charge in [-0.15, -0.1) is 5.10 Å². The second kappa shape index (κ2) is 7.21. The van der Waals surface area contributed by atoms with E-state index in [0.717, 1.165) is 17.7 Å². The average Bonchev–Trinajstić information content (AvgIpc) is 2.92. The smallest absolute Gasteiger partial charge is 0.319 e. The van der Waals surface area contributed by atoms with Gasteiger partial charge in [-0.25, -0.2) is 0 Å². The molecule has 1 unspecified atom stereocenters. The molecular weight excluding hydrogens is 288 g/mol. The standard InChI is InChI=1S/C14H18N4O2S/c1-4-8-20-13(19)11(3)21-14-15-16-17-18(14)12-7-5-6-10(2)9-12/h5-7,9,11H,4,8H2,1-3H3. The quantitative estimate of drug-likeness (QED) is 0.603. The van der Waals surface area contributed by atoms with Crippen LogP contribution in [0.15, 0.2) is 29.4 Å². The van der Waals surface area contributed by atoms with Gasteiger partial charge in [0.15, 0.2) is 0 Å². The number of hydrogen-bond acceptors (Lipinski definition) is 6. The molecular formula is C14H18N4O2S. The third-order valence-electron chi connectivity index (χ3n) is 2.75. The highest BCUT2D eigenvalue weighted by Crippen LogP contribution is 2.23. The molecule has 0 spiro atoms. The number of nitrogens with zero attached hydrogens (tertiary/aromatic N) is 4. The number of esters is 1. The van der Waals surface area contributed by atoms with Gasteiger partial charge in [-0.1, -0.05) is 30.8 Å². The van der Waals surface area contributed by atoms with Crippen molar-refractivity contribution in [1.82, 2.24) is 20.2 Å². The van der Waals surface area contributed by atoms with Gasteiger partial charge in [0.05, 0.1) is 12.3 Å². The Bertz CT molecular complexity index is 615. The van der Waals surface area contributed by atoms with Crippen LogP contribution < -0.4 is 0 Å². The van der Waals surface area contributed by atoms with Gasteiger partial charge in [0.25, 0.3) is 0 Å². The zero-order valence-corrected chi connectivity index (χ0v) is 13.1. The number of carbonyl (C=O) groups is 1. The van der Waals surface area contributed by atoms with Crippen molar-refractivity contribution in [3.63, 3.8) is 0 Å². The van der Waals surface area contributed by atoms with Crippen molar-refractivity contribution in [3.8, 4) is 5.69 Å². The highest BCUT2D eigenvalue weighted by atomic mass is 32.2. The van der Waals surface area contributed by atoms with Crippen LogP contribution in [0.4, 0.5) is 0 Å². The highest BCUT2D eigenvalue weighted by molar-refractivity contribution is 8.00. The van der Waals surface area contributed by atoms with Gasteiger partial charge in [0.1, 0.15) is 5.25 Å². The predicted molar refractivity (Wildman–Crippen MR) is 80.5 cm³/mol. The summed E-state index contributed by atoms with van der Waals surface area (Å²) in [6.07, 6.45) is 0.810. The maximum atomic E-state index is 11.8. The van der Waals surface area contributed by atoms with Crippen LogP contribution in [-0.4, -0.2) is 38.0 Å². The Balaban J connectivity index is 2.12. The van der Waals surface area contributed by atoms with E-state index >= 15 is 0 Å². The first-order valence-corrected chi connectivity index (χ1v) is 7.68. The second-order valence-corrected chi connectivity index (χ2v) is 5.95. The van der Waals surface area contributed by atoms with Crippen LogP contribution in [0.1, 0.15) is 25.8 Å². The highest BCUT2D eigenvalue weighted by Gasteiger charge is 2.20. The minimum atomic E-state index is -0.355. The van der Waals surface area contributed by atoms with E-state index in [1.807, 2.05) is 38.1 Å². The zero-order chi connectivity index (χ0) is 15.2. The zero-order valence-electron chi connectivity index (χ0n) is 12.3. The topological polar surface area (TPSA) is 69.9 Å². The Morgan fingerprint density at radius 1 is 1.48 bits per heavy atom. The molecule has 0 saturated heterocycles. The van der Waals surface area contributed by atoms with Gasteiger partial charge >= 0.3 is 5.97 Å². The molecule has 0 amide bonds. The maximum absolute atomic E-state index is 11.8. The molecule has 1 atom stereocenters. The van der Waals surface area contributed by atoms with Crippen LogP contribution in [0.25, 0.3) is 5.69 Å². The third kappa shape index (κ3) is 4.04. The van der Waals surface area contributed by atoms with Crippen LogP contribution in [0.2, 0.25) is 0 Å². The molecule has 7 heteroatoms. The molecule has 0 aliphatic heterocycles. The summed E-state index contributed by atoms with van der Waals surface area (Å²) in [5, 5.41) is 11.9. The minimum absolute atomic E-state index is 0.249. The van der Waals surface area contributed by atoms with Crippen LogP contribution in [0.5, 0.6) is 0 Å². The van der Waals surface area contributed by atoms with E-state index in [4.69, 9.17) is 4.74 Å². The Labute approximate surface area is 127 Å². The van der Waals surface area contributed by atoms with E-state index in [2.05, 4.69) is 15.5 Å². The fraction of sp³-hybridized carbons (Fsp3) is 0.429. The Kier molecular flexibility index (Phi) is 5.32. The summed E-state index contributed by atoms with van der Waals surface area (Å²) in [6.45, 7) is 6.19. The number of tetrazole rings is 1. The summed E-state index contributed by atoms with van der Waals surface area (Å²) >= 11 is 1.29. The molecule has 112 valence electrons. The van der Waals surface area contributed by atoms with Gasteiger partial charge in [-0.3, -0.25) is 4.79 Å². The first kappa shape index (κ1) is 15.5. The molecule has 1 heterocycles. The van der Waals surface area contributed by atoms with Gasteiger partial charge in [-0.2, -0.15) is 4.68 Å². The van der Waals surface area contributed by atoms with Crippen LogP contribution in [0, 0.1) is 6.92 Å². The molecule has 0 bridgehead atoms. The average molecular weight is 306 g/mol. The molecule has 0 aliphatic rings. The van der Waals surface area contributed by atoms with Crippen molar-refractivity contribution in [2.24, 2.45) is 0 Å². The summed E-state index contributed by atoms with van der Waals surface area (Å²) < 4.78 is 6.76. The van der Waals surface area contributed by atoms with Crippen LogP contribution in [-0.2, 0) is 9.53 Å². The van der Waals surface area contributed by atoms with Crippen LogP contribution >= 0.6 is 11.8 Å². The van der Waals surface area contributed by atoms with Crippen molar-refractivity contribution in [2.45, 2.75) is 37.6 Å². The third-order valence-corrected chi connectivity index (χ3v) is 3.76. The Hall–Kier alpha value is -1.89. The fourth-order valence-corrected chi connectivity index (χ4v) is 2.51. The summed E-state index contributed by atoms with van der Waals surface area (Å²) in [6, 6.07) is 7.86. The molecule has 6 nitrogen and oxygen atoms in total. The number of thioether (sulfide) groups is 1. The van der Waals surface area contributed by atoms with Crippen molar-refractivity contribution in [3.05, 3.63) is 29.8 Å². The van der Waals surface area contributed by atoms with Crippen molar-refractivity contribution < 1.29 is 9.53 Å². The Morgan fingerprint density at radius 2 is 2.29 bits per heavy atom. The SMILES string of the molecule is CCCOC(=O)C(C)Sc1nnnn1-c1cccc(C)c1. The first-order chi connectivity index (χ1) is 10.1. The van der Waals surface area contributed by atoms with E-state index in [1.165, 1.54) is 11.8 Å². The number of aryl methyl sites for hydroxylation is 1. The van der Waals surface area contributed by atoms with Gasteiger partial charge < -0.3 is 4.74 Å². The maximum Gasteiger partial charge on any atom is 0.319 e. The number of benzene rings is 1. The van der Waals surface area contributed by atoms with Crippen molar-refractivity contribution in [2.75, 3.05) is 6.61 Å². The minimum Gasteiger partial charge on any atom is -0.465 e. The second-order valence-electron chi connectivity index (χ2n) is 4.64. The number of carbonyl (C=O) groups excluding carboxylic acids is 1. The van der Waals surface area contributed by atoms with Crippen molar-refractivity contribution in [1.29, 1.82) is 0 Å². The number of aromatic nitrogens is 4. The molecule has 21 heavy (non-hydrogen) atoms. The summed E-state index contributed by atoms with van der Waals surface area (Å²) in [5.74, 6) is -0.249. The molecule has 0 radical (unpaired) electrons. The molecule has 2 aromatic rings. The molecule has 2 rings (SSSR count). The lowest BCUT2D eigenvalue weighted by Crippen LogP contribution is -2.18. The monoisotopic (exact) mass is 306 g/mol. The molecule has 1 aromatic heterocycles. The molecule has 0 fully saturated rings. The molecule has 0 aliphatic carbocycles. The largest absolute Gasteiger partial charge is 0.465 e. The van der Waals surface area contributed by atoms with E-state index in [-0.39, 0.29) is 11.2 Å².